The third-order valence-corrected chi connectivity index (χ3v) is 4.67. The number of piperazine rings is 1. The average molecular weight is 376 g/mol. The molecule has 27 heavy (non-hydrogen) atoms. The lowest BCUT2D eigenvalue weighted by atomic mass is 10.1. The Hall–Kier alpha value is -2.57. The van der Waals surface area contributed by atoms with Crippen molar-refractivity contribution >= 4 is 17.8 Å². The minimum Gasteiger partial charge on any atom is -0.483 e. The van der Waals surface area contributed by atoms with Crippen LogP contribution in [0.2, 0.25) is 0 Å². The predicted molar refractivity (Wildman–Crippen MR) is 100 cm³/mol. The van der Waals surface area contributed by atoms with Gasteiger partial charge >= 0.3 is 5.97 Å². The number of rotatable bonds is 7. The van der Waals surface area contributed by atoms with Gasteiger partial charge < -0.3 is 19.7 Å². The second kappa shape index (κ2) is 9.39. The summed E-state index contributed by atoms with van der Waals surface area (Å²) >= 11 is 0. The van der Waals surface area contributed by atoms with Gasteiger partial charge in [-0.15, -0.1) is 0 Å². The molecule has 1 aliphatic rings. The number of carbonyl (C=O) groups excluding carboxylic acids is 3. The maximum atomic E-state index is 12.7. The number of ether oxygens (including phenoxy) is 2. The first-order chi connectivity index (χ1) is 12.8. The smallest absolute Gasteiger partial charge is 0.308 e. The summed E-state index contributed by atoms with van der Waals surface area (Å²) in [6.07, 6.45) is 0.306. The van der Waals surface area contributed by atoms with E-state index in [-0.39, 0.29) is 30.9 Å². The highest BCUT2D eigenvalue weighted by molar-refractivity contribution is 5.92. The number of hydrogen-bond donors (Lipinski definition) is 1. The molecule has 1 fully saturated rings. The van der Waals surface area contributed by atoms with E-state index in [0.29, 0.717) is 25.3 Å². The highest BCUT2D eigenvalue weighted by Gasteiger charge is 2.35. The lowest BCUT2D eigenvalue weighted by molar-refractivity contribution is -0.155. The molecule has 2 rings (SSSR count). The van der Waals surface area contributed by atoms with E-state index < -0.39 is 12.0 Å². The van der Waals surface area contributed by atoms with Crippen molar-refractivity contribution in [3.8, 4) is 5.75 Å². The molecule has 1 aromatic rings. The molecule has 1 saturated heterocycles. The van der Waals surface area contributed by atoms with Crippen LogP contribution >= 0.6 is 0 Å². The van der Waals surface area contributed by atoms with Gasteiger partial charge in [0.2, 0.25) is 5.91 Å². The molecule has 0 spiro atoms. The van der Waals surface area contributed by atoms with Crippen molar-refractivity contribution in [3.05, 3.63) is 29.3 Å². The number of nitrogens with one attached hydrogen (secondary N) is 1. The number of carbonyl (C=O) groups is 3. The summed E-state index contributed by atoms with van der Waals surface area (Å²) in [5, 5.41) is 2.70. The lowest BCUT2D eigenvalue weighted by Gasteiger charge is -2.34. The van der Waals surface area contributed by atoms with Crippen molar-refractivity contribution in [3.63, 3.8) is 0 Å². The van der Waals surface area contributed by atoms with Gasteiger partial charge in [-0.25, -0.2) is 0 Å². The molecule has 1 heterocycles. The number of esters is 1. The van der Waals surface area contributed by atoms with Crippen LogP contribution in [0.5, 0.6) is 5.75 Å². The average Bonchev–Trinajstić information content (AvgIpc) is 2.62. The molecule has 2 atom stereocenters. The molecule has 1 aliphatic heterocycles. The fourth-order valence-electron chi connectivity index (χ4n) is 2.97. The van der Waals surface area contributed by atoms with Gasteiger partial charge in [0.15, 0.2) is 6.61 Å². The number of benzene rings is 1. The van der Waals surface area contributed by atoms with Crippen LogP contribution in [0.4, 0.5) is 0 Å². The maximum Gasteiger partial charge on any atom is 0.308 e. The molecule has 7 nitrogen and oxygen atoms in total. The van der Waals surface area contributed by atoms with Gasteiger partial charge in [-0.1, -0.05) is 25.1 Å². The standard InChI is InChI=1S/C20H28N2O5/c1-5-15(4)27-18(24)11-16-20(25)21-9-10-22(16)17(23)12-26-19-13(2)7-6-8-14(19)3/h6-8,15-16H,5,9-12H2,1-4H3,(H,21,25). The first kappa shape index (κ1) is 20.7. The SMILES string of the molecule is CCC(C)OC(=O)CC1C(=O)NCCN1C(=O)COc1c(C)cccc1C. The third kappa shape index (κ3) is 5.45. The van der Waals surface area contributed by atoms with Crippen LogP contribution in [0.15, 0.2) is 18.2 Å². The van der Waals surface area contributed by atoms with E-state index >= 15 is 0 Å². The summed E-state index contributed by atoms with van der Waals surface area (Å²) in [5.74, 6) is -0.489. The first-order valence-corrected chi connectivity index (χ1v) is 9.29. The van der Waals surface area contributed by atoms with Crippen LogP contribution in [0.1, 0.15) is 37.8 Å². The van der Waals surface area contributed by atoms with Crippen LogP contribution in [-0.4, -0.2) is 54.5 Å². The normalized spacial score (nSPS) is 17.9. The third-order valence-electron chi connectivity index (χ3n) is 4.67. The van der Waals surface area contributed by atoms with Crippen molar-refractivity contribution < 1.29 is 23.9 Å². The zero-order valence-corrected chi connectivity index (χ0v) is 16.4. The van der Waals surface area contributed by atoms with Crippen LogP contribution in [0.3, 0.4) is 0 Å². The van der Waals surface area contributed by atoms with Gasteiger partial charge in [0.1, 0.15) is 11.8 Å². The Bertz CT molecular complexity index is 683. The minimum atomic E-state index is -0.871. The van der Waals surface area contributed by atoms with E-state index in [1.54, 1.807) is 6.92 Å². The van der Waals surface area contributed by atoms with E-state index in [1.165, 1.54) is 4.90 Å². The Morgan fingerprint density at radius 2 is 1.96 bits per heavy atom. The molecule has 1 aromatic carbocycles. The van der Waals surface area contributed by atoms with Crippen molar-refractivity contribution in [2.75, 3.05) is 19.7 Å². The van der Waals surface area contributed by atoms with Crippen LogP contribution in [0, 0.1) is 13.8 Å². The van der Waals surface area contributed by atoms with E-state index in [4.69, 9.17) is 9.47 Å². The topological polar surface area (TPSA) is 84.9 Å². The highest BCUT2D eigenvalue weighted by Crippen LogP contribution is 2.22. The number of hydrogen-bond acceptors (Lipinski definition) is 5. The molecule has 0 radical (unpaired) electrons. The Morgan fingerprint density at radius 1 is 1.30 bits per heavy atom. The van der Waals surface area contributed by atoms with Crippen molar-refractivity contribution in [2.45, 2.75) is 52.7 Å². The van der Waals surface area contributed by atoms with Gasteiger partial charge in [-0.3, -0.25) is 14.4 Å². The van der Waals surface area contributed by atoms with E-state index in [9.17, 15) is 14.4 Å². The molecule has 2 amide bonds. The quantitative estimate of drug-likeness (QED) is 0.733. The van der Waals surface area contributed by atoms with Gasteiger partial charge in [0.25, 0.3) is 5.91 Å². The largest absolute Gasteiger partial charge is 0.483 e. The maximum absolute atomic E-state index is 12.7. The Balaban J connectivity index is 2.03. The van der Waals surface area contributed by atoms with Gasteiger partial charge in [0, 0.05) is 13.1 Å². The monoisotopic (exact) mass is 376 g/mol. The van der Waals surface area contributed by atoms with Crippen LogP contribution < -0.4 is 10.1 Å². The van der Waals surface area contributed by atoms with Gasteiger partial charge in [-0.2, -0.15) is 0 Å². The number of amides is 2. The molecule has 0 saturated carbocycles. The summed E-state index contributed by atoms with van der Waals surface area (Å²) in [5.41, 5.74) is 1.88. The summed E-state index contributed by atoms with van der Waals surface area (Å²) < 4.78 is 11.0. The fraction of sp³-hybridized carbons (Fsp3) is 0.550. The van der Waals surface area contributed by atoms with Crippen LogP contribution in [0.25, 0.3) is 0 Å². The minimum absolute atomic E-state index is 0.161. The molecular weight excluding hydrogens is 348 g/mol. The van der Waals surface area contributed by atoms with Crippen LogP contribution in [-0.2, 0) is 19.1 Å². The Morgan fingerprint density at radius 3 is 2.59 bits per heavy atom. The first-order valence-electron chi connectivity index (χ1n) is 9.29. The lowest BCUT2D eigenvalue weighted by Crippen LogP contribution is -2.58. The molecular formula is C20H28N2O5. The molecule has 0 bridgehead atoms. The molecule has 0 aliphatic carbocycles. The van der Waals surface area contributed by atoms with Crippen molar-refractivity contribution in [2.24, 2.45) is 0 Å². The fourth-order valence-corrected chi connectivity index (χ4v) is 2.97. The number of aryl methyl sites for hydroxylation is 2. The van der Waals surface area contributed by atoms with Crippen molar-refractivity contribution in [1.29, 1.82) is 0 Å². The number of para-hydroxylation sites is 1. The molecule has 7 heteroatoms. The summed E-state index contributed by atoms with van der Waals surface area (Å²) in [6.45, 7) is 8.03. The summed E-state index contributed by atoms with van der Waals surface area (Å²) in [7, 11) is 0. The van der Waals surface area contributed by atoms with E-state index in [1.807, 2.05) is 39.0 Å². The molecule has 1 N–H and O–H groups in total. The second-order valence-corrected chi connectivity index (χ2v) is 6.82. The molecule has 0 aromatic heterocycles. The van der Waals surface area contributed by atoms with Gasteiger partial charge in [-0.05, 0) is 38.3 Å². The van der Waals surface area contributed by atoms with E-state index in [2.05, 4.69) is 5.32 Å². The van der Waals surface area contributed by atoms with Crippen molar-refractivity contribution in [1.82, 2.24) is 10.2 Å². The predicted octanol–water partition coefficient (Wildman–Crippen LogP) is 1.74. The zero-order valence-electron chi connectivity index (χ0n) is 16.4. The van der Waals surface area contributed by atoms with E-state index in [0.717, 1.165) is 11.1 Å². The van der Waals surface area contributed by atoms with Gasteiger partial charge in [0.05, 0.1) is 12.5 Å². The summed E-state index contributed by atoms with van der Waals surface area (Å²) in [4.78, 5) is 38.4. The molecule has 148 valence electrons. The second-order valence-electron chi connectivity index (χ2n) is 6.82. The molecule has 2 unspecified atom stereocenters. The zero-order chi connectivity index (χ0) is 20.0. The Kier molecular flexibility index (Phi) is 7.21. The Labute approximate surface area is 160 Å². The number of nitrogens with zero attached hydrogens (tertiary/aromatic N) is 1. The summed E-state index contributed by atoms with van der Waals surface area (Å²) in [6, 6.07) is 4.88. The highest BCUT2D eigenvalue weighted by atomic mass is 16.5.